The highest BCUT2D eigenvalue weighted by atomic mass is 32.1. The van der Waals surface area contributed by atoms with Gasteiger partial charge >= 0.3 is 0 Å². The first kappa shape index (κ1) is 8.95. The summed E-state index contributed by atoms with van der Waals surface area (Å²) in [5, 5.41) is 0. The molecule has 0 saturated heterocycles. The normalized spacial score (nSPS) is 8.67. The van der Waals surface area contributed by atoms with E-state index in [1.54, 1.807) is 24.8 Å². The van der Waals surface area contributed by atoms with Crippen LogP contribution in [0.4, 0.5) is 0 Å². The minimum absolute atomic E-state index is 0.676. The predicted molar refractivity (Wildman–Crippen MR) is 52.0 cm³/mol. The van der Waals surface area contributed by atoms with Crippen molar-refractivity contribution in [1.29, 1.82) is 0 Å². The Morgan fingerprint density at radius 2 is 0.917 bits per heavy atom. The van der Waals surface area contributed by atoms with Crippen molar-refractivity contribution in [2.45, 2.75) is 0 Å². The van der Waals surface area contributed by atoms with Crippen molar-refractivity contribution in [3.63, 3.8) is 0 Å². The Bertz CT molecular complexity index is 333. The molecule has 0 unspecified atom stereocenters. The van der Waals surface area contributed by atoms with Gasteiger partial charge in [0.15, 0.2) is 9.54 Å². The van der Waals surface area contributed by atoms with Gasteiger partial charge in [-0.05, 0) is 24.4 Å². The van der Waals surface area contributed by atoms with Gasteiger partial charge in [0, 0.05) is 24.8 Å². The van der Waals surface area contributed by atoms with Gasteiger partial charge in [-0.25, -0.2) is 0 Å². The second kappa shape index (κ2) is 4.68. The number of H-pyrrole nitrogens is 4. The molecule has 0 bridgehead atoms. The summed E-state index contributed by atoms with van der Waals surface area (Å²) < 4.78 is 1.35. The lowest BCUT2D eigenvalue weighted by atomic mass is 11.0. The Hall–Kier alpha value is -1.14. The van der Waals surface area contributed by atoms with Gasteiger partial charge < -0.3 is 19.9 Å². The summed E-state index contributed by atoms with van der Waals surface area (Å²) in [6.45, 7) is 0. The van der Waals surface area contributed by atoms with Crippen LogP contribution in [-0.4, -0.2) is 19.9 Å². The van der Waals surface area contributed by atoms with Crippen molar-refractivity contribution in [3.8, 4) is 0 Å². The number of aromatic amines is 4. The van der Waals surface area contributed by atoms with Crippen LogP contribution in [0.5, 0.6) is 0 Å². The lowest BCUT2D eigenvalue weighted by molar-refractivity contribution is 1.27. The summed E-state index contributed by atoms with van der Waals surface area (Å²) in [5.74, 6) is 0. The lowest BCUT2D eigenvalue weighted by Gasteiger charge is -1.56. The Morgan fingerprint density at radius 3 is 1.00 bits per heavy atom. The Kier molecular flexibility index (Phi) is 3.49. The van der Waals surface area contributed by atoms with Gasteiger partial charge in [-0.1, -0.05) is 0 Å². The number of aromatic nitrogens is 4. The summed E-state index contributed by atoms with van der Waals surface area (Å²) in [5.41, 5.74) is 0. The summed E-state index contributed by atoms with van der Waals surface area (Å²) >= 11 is 9.27. The fraction of sp³-hybridized carbons (Fsp3) is 0. The molecule has 4 N–H and O–H groups in total. The van der Waals surface area contributed by atoms with Gasteiger partial charge in [0.05, 0.1) is 0 Å². The maximum atomic E-state index is 4.63. The molecule has 2 heterocycles. The highest BCUT2D eigenvalue weighted by Crippen LogP contribution is 1.73. The molecule has 0 fully saturated rings. The first-order valence-electron chi connectivity index (χ1n) is 3.23. The van der Waals surface area contributed by atoms with Gasteiger partial charge in [-0.3, -0.25) is 0 Å². The van der Waals surface area contributed by atoms with Crippen LogP contribution in [-0.2, 0) is 0 Å². The Balaban J connectivity index is 0.000000120. The molecule has 2 aromatic rings. The molecule has 0 amide bonds. The third-order valence-corrected chi connectivity index (χ3v) is 1.50. The van der Waals surface area contributed by atoms with Crippen LogP contribution >= 0.6 is 24.4 Å². The molecule has 0 aliphatic rings. The minimum Gasteiger partial charge on any atom is -0.338 e. The molecule has 6 heteroatoms. The second-order valence-corrected chi connectivity index (χ2v) is 2.72. The van der Waals surface area contributed by atoms with Gasteiger partial charge in [0.25, 0.3) is 0 Å². The Morgan fingerprint density at radius 1 is 0.667 bits per heavy atom. The molecule has 0 atom stereocenters. The van der Waals surface area contributed by atoms with Crippen molar-refractivity contribution in [2.24, 2.45) is 0 Å². The molecule has 12 heavy (non-hydrogen) atoms. The number of rotatable bonds is 0. The van der Waals surface area contributed by atoms with Crippen molar-refractivity contribution in [2.75, 3.05) is 0 Å². The molecule has 64 valence electrons. The van der Waals surface area contributed by atoms with E-state index in [4.69, 9.17) is 0 Å². The molecule has 0 aliphatic carbocycles. The average Bonchev–Trinajstić information content (AvgIpc) is 2.63. The zero-order valence-electron chi connectivity index (χ0n) is 6.13. The Labute approximate surface area is 79.1 Å². The van der Waals surface area contributed by atoms with E-state index in [0.29, 0.717) is 9.54 Å². The van der Waals surface area contributed by atoms with Crippen molar-refractivity contribution < 1.29 is 0 Å². The fourth-order valence-electron chi connectivity index (χ4n) is 0.553. The van der Waals surface area contributed by atoms with Crippen LogP contribution in [0.1, 0.15) is 0 Å². The van der Waals surface area contributed by atoms with E-state index in [9.17, 15) is 0 Å². The van der Waals surface area contributed by atoms with Crippen LogP contribution in [0.25, 0.3) is 0 Å². The molecule has 0 saturated carbocycles. The number of imidazole rings is 2. The molecule has 0 aromatic carbocycles. The van der Waals surface area contributed by atoms with Crippen molar-refractivity contribution >= 4 is 24.4 Å². The monoisotopic (exact) mass is 200 g/mol. The summed E-state index contributed by atoms with van der Waals surface area (Å²) in [6, 6.07) is 0. The van der Waals surface area contributed by atoms with Crippen molar-refractivity contribution in [1.82, 2.24) is 19.9 Å². The zero-order valence-corrected chi connectivity index (χ0v) is 7.76. The van der Waals surface area contributed by atoms with Crippen LogP contribution in [0.3, 0.4) is 0 Å². The van der Waals surface area contributed by atoms with Gasteiger partial charge in [0.2, 0.25) is 0 Å². The average molecular weight is 200 g/mol. The molecule has 0 radical (unpaired) electrons. The van der Waals surface area contributed by atoms with Crippen LogP contribution in [0.2, 0.25) is 0 Å². The van der Waals surface area contributed by atoms with Gasteiger partial charge in [0.1, 0.15) is 0 Å². The summed E-state index contributed by atoms with van der Waals surface area (Å²) in [4.78, 5) is 11.0. The maximum absolute atomic E-state index is 4.63. The maximum Gasteiger partial charge on any atom is 0.174 e. The van der Waals surface area contributed by atoms with E-state index in [2.05, 4.69) is 44.4 Å². The summed E-state index contributed by atoms with van der Waals surface area (Å²) in [6.07, 6.45) is 7.01. The lowest BCUT2D eigenvalue weighted by Crippen LogP contribution is -1.54. The SMILES string of the molecule is S=c1[nH]cc[nH]1.S=c1[nH]cc[nH]1. The quantitative estimate of drug-likeness (QED) is 0.492. The molecule has 4 nitrogen and oxygen atoms in total. The third kappa shape index (κ3) is 3.31. The van der Waals surface area contributed by atoms with E-state index >= 15 is 0 Å². The second-order valence-electron chi connectivity index (χ2n) is 1.90. The minimum atomic E-state index is 0.676. The molecule has 0 aliphatic heterocycles. The summed E-state index contributed by atoms with van der Waals surface area (Å²) in [7, 11) is 0. The van der Waals surface area contributed by atoms with Gasteiger partial charge in [-0.2, -0.15) is 0 Å². The van der Waals surface area contributed by atoms with E-state index in [1.807, 2.05) is 0 Å². The standard InChI is InChI=1S/2C3H4N2S/c2*6-3-4-1-2-5-3/h2*1-2H,(H2,4,5,6). The van der Waals surface area contributed by atoms with E-state index in [0.717, 1.165) is 0 Å². The van der Waals surface area contributed by atoms with Crippen LogP contribution in [0.15, 0.2) is 24.8 Å². The zero-order chi connectivity index (χ0) is 8.81. The molecular weight excluding hydrogens is 192 g/mol. The topological polar surface area (TPSA) is 63.2 Å². The van der Waals surface area contributed by atoms with E-state index in [1.165, 1.54) is 0 Å². The van der Waals surface area contributed by atoms with E-state index in [-0.39, 0.29) is 0 Å². The first-order chi connectivity index (χ1) is 5.79. The van der Waals surface area contributed by atoms with E-state index < -0.39 is 0 Å². The van der Waals surface area contributed by atoms with Crippen LogP contribution in [0, 0.1) is 9.54 Å². The third-order valence-electron chi connectivity index (χ3n) is 1.02. The number of nitrogens with one attached hydrogen (secondary N) is 4. The fourth-order valence-corrected chi connectivity index (χ4v) is 0.825. The van der Waals surface area contributed by atoms with Gasteiger partial charge in [-0.15, -0.1) is 0 Å². The first-order valence-corrected chi connectivity index (χ1v) is 4.05. The highest BCUT2D eigenvalue weighted by Gasteiger charge is 1.65. The predicted octanol–water partition coefficient (Wildman–Crippen LogP) is 2.14. The largest absolute Gasteiger partial charge is 0.338 e. The van der Waals surface area contributed by atoms with Crippen molar-refractivity contribution in [3.05, 3.63) is 34.3 Å². The molecule has 2 aromatic heterocycles. The number of hydrogen-bond acceptors (Lipinski definition) is 2. The number of hydrogen-bond donors (Lipinski definition) is 4. The smallest absolute Gasteiger partial charge is 0.174 e. The highest BCUT2D eigenvalue weighted by molar-refractivity contribution is 7.71. The molecule has 0 spiro atoms. The van der Waals surface area contributed by atoms with Crippen LogP contribution < -0.4 is 0 Å². The molecular formula is C6H8N4S2. The molecule has 2 rings (SSSR count).